The molecule has 1 heterocycles. The minimum absolute atomic E-state index is 0.268. The fraction of sp³-hybridized carbons (Fsp3) is 0.409. The summed E-state index contributed by atoms with van der Waals surface area (Å²) in [5.74, 6) is -0.980. The zero-order valence-electron chi connectivity index (χ0n) is 18.3. The van der Waals surface area contributed by atoms with Crippen LogP contribution in [0.4, 0.5) is 0 Å². The van der Waals surface area contributed by atoms with Gasteiger partial charge in [0.2, 0.25) is 0 Å². The van der Waals surface area contributed by atoms with Gasteiger partial charge in [-0.05, 0) is 30.3 Å². The summed E-state index contributed by atoms with van der Waals surface area (Å²) in [7, 11) is 0. The lowest BCUT2D eigenvalue weighted by molar-refractivity contribution is -0.134. The molecule has 0 aliphatic heterocycles. The standard InChI is InChI=1S/C18H27N3O3.C4H4O4/c1-15(2)19-13-16(22)14-24-18-7-5-17(6-8-18)23-12-4-11-21-10-3-9-20-21;5-3(6)1-2-4(7)8/h3,5-10,15-16,19,22H,4,11-14H2,1-2H3;1-2H,(H,5,6)(H,7,8)/b;2-1-. The van der Waals surface area contributed by atoms with E-state index in [0.717, 1.165) is 24.5 Å². The van der Waals surface area contributed by atoms with Gasteiger partial charge in [0, 0.05) is 50.1 Å². The van der Waals surface area contributed by atoms with Crippen LogP contribution in [-0.2, 0) is 16.1 Å². The number of carbonyl (C=O) groups is 2. The van der Waals surface area contributed by atoms with Crippen LogP contribution in [0.1, 0.15) is 20.3 Å². The Labute approximate surface area is 187 Å². The van der Waals surface area contributed by atoms with Gasteiger partial charge in [0.15, 0.2) is 0 Å². The number of aromatic nitrogens is 2. The van der Waals surface area contributed by atoms with Crippen molar-refractivity contribution in [3.05, 3.63) is 54.9 Å². The van der Waals surface area contributed by atoms with Crippen LogP contribution >= 0.6 is 0 Å². The van der Waals surface area contributed by atoms with E-state index in [-0.39, 0.29) is 6.61 Å². The molecule has 0 fully saturated rings. The number of hydrogen-bond donors (Lipinski definition) is 4. The highest BCUT2D eigenvalue weighted by molar-refractivity contribution is 5.89. The molecule has 0 saturated heterocycles. The Hall–Kier alpha value is -3.37. The van der Waals surface area contributed by atoms with Gasteiger partial charge in [-0.2, -0.15) is 5.10 Å². The SMILES string of the molecule is CC(C)NCC(O)COc1ccc(OCCCn2cccn2)cc1.O=C(O)/C=C\C(=O)O. The van der Waals surface area contributed by atoms with Crippen LogP contribution in [0.5, 0.6) is 11.5 Å². The molecule has 0 aliphatic rings. The van der Waals surface area contributed by atoms with E-state index in [4.69, 9.17) is 19.7 Å². The van der Waals surface area contributed by atoms with Gasteiger partial charge in [-0.25, -0.2) is 9.59 Å². The lowest BCUT2D eigenvalue weighted by Crippen LogP contribution is -2.35. The van der Waals surface area contributed by atoms with Gasteiger partial charge in [-0.3, -0.25) is 4.68 Å². The second kappa shape index (κ2) is 15.4. The van der Waals surface area contributed by atoms with Crippen LogP contribution in [0.15, 0.2) is 54.9 Å². The molecule has 0 bridgehead atoms. The molecule has 4 N–H and O–H groups in total. The molecule has 176 valence electrons. The third kappa shape index (κ3) is 13.8. The Morgan fingerprint density at radius 2 is 1.69 bits per heavy atom. The monoisotopic (exact) mass is 449 g/mol. The fourth-order valence-corrected chi connectivity index (χ4v) is 2.25. The number of benzene rings is 1. The van der Waals surface area contributed by atoms with E-state index in [0.29, 0.717) is 31.3 Å². The quantitative estimate of drug-likeness (QED) is 0.266. The third-order valence-electron chi connectivity index (χ3n) is 3.76. The molecular weight excluding hydrogens is 418 g/mol. The van der Waals surface area contributed by atoms with Crippen molar-refractivity contribution in [3.63, 3.8) is 0 Å². The summed E-state index contributed by atoms with van der Waals surface area (Å²) in [6.07, 6.45) is 5.21. The summed E-state index contributed by atoms with van der Waals surface area (Å²) >= 11 is 0. The molecular formula is C22H31N3O7. The van der Waals surface area contributed by atoms with Crippen LogP contribution in [0.25, 0.3) is 0 Å². The first-order valence-electron chi connectivity index (χ1n) is 10.1. The van der Waals surface area contributed by atoms with Crippen LogP contribution in [0.2, 0.25) is 0 Å². The summed E-state index contributed by atoms with van der Waals surface area (Å²) in [6.45, 7) is 6.36. The van der Waals surface area contributed by atoms with Crippen molar-refractivity contribution in [2.75, 3.05) is 19.8 Å². The van der Waals surface area contributed by atoms with E-state index < -0.39 is 18.0 Å². The summed E-state index contributed by atoms with van der Waals surface area (Å²) in [5.41, 5.74) is 0. The van der Waals surface area contributed by atoms with Crippen LogP contribution < -0.4 is 14.8 Å². The number of aliphatic carboxylic acids is 2. The molecule has 1 aromatic heterocycles. The number of rotatable bonds is 13. The van der Waals surface area contributed by atoms with Crippen molar-refractivity contribution in [3.8, 4) is 11.5 Å². The summed E-state index contributed by atoms with van der Waals surface area (Å²) in [5, 5.41) is 32.8. The molecule has 1 aromatic carbocycles. The van der Waals surface area contributed by atoms with E-state index in [1.807, 2.05) is 55.1 Å². The molecule has 10 nitrogen and oxygen atoms in total. The molecule has 1 unspecified atom stereocenters. The molecule has 2 rings (SSSR count). The maximum absolute atomic E-state index is 9.82. The van der Waals surface area contributed by atoms with Gasteiger partial charge in [-0.15, -0.1) is 0 Å². The first kappa shape index (κ1) is 26.7. The normalized spacial score (nSPS) is 11.6. The molecule has 10 heteroatoms. The van der Waals surface area contributed by atoms with E-state index in [1.165, 1.54) is 0 Å². The highest BCUT2D eigenvalue weighted by Gasteiger charge is 2.06. The minimum Gasteiger partial charge on any atom is -0.494 e. The lowest BCUT2D eigenvalue weighted by atomic mass is 10.3. The minimum atomic E-state index is -1.26. The van der Waals surface area contributed by atoms with Crippen LogP contribution in [0.3, 0.4) is 0 Å². The average Bonchev–Trinajstić information content (AvgIpc) is 3.27. The largest absolute Gasteiger partial charge is 0.494 e. The van der Waals surface area contributed by atoms with Crippen molar-refractivity contribution < 1.29 is 34.4 Å². The second-order valence-electron chi connectivity index (χ2n) is 6.98. The smallest absolute Gasteiger partial charge is 0.328 e. The van der Waals surface area contributed by atoms with E-state index in [1.54, 1.807) is 6.20 Å². The number of hydrogen-bond acceptors (Lipinski definition) is 7. The zero-order chi connectivity index (χ0) is 23.8. The molecule has 0 saturated carbocycles. The molecule has 0 aliphatic carbocycles. The third-order valence-corrected chi connectivity index (χ3v) is 3.76. The van der Waals surface area contributed by atoms with Crippen molar-refractivity contribution in [2.45, 2.75) is 39.0 Å². The molecule has 2 aromatic rings. The molecule has 0 spiro atoms. The number of aryl methyl sites for hydroxylation is 1. The highest BCUT2D eigenvalue weighted by atomic mass is 16.5. The summed E-state index contributed by atoms with van der Waals surface area (Å²) in [6, 6.07) is 9.72. The van der Waals surface area contributed by atoms with Gasteiger partial charge in [0.05, 0.1) is 6.61 Å². The fourth-order valence-electron chi connectivity index (χ4n) is 2.25. The Balaban J connectivity index is 0.000000547. The number of carboxylic acids is 2. The maximum atomic E-state index is 9.82. The van der Waals surface area contributed by atoms with Crippen molar-refractivity contribution >= 4 is 11.9 Å². The topological polar surface area (TPSA) is 143 Å². The number of carboxylic acid groups (broad SMARTS) is 2. The summed E-state index contributed by atoms with van der Waals surface area (Å²) in [4.78, 5) is 19.1. The first-order valence-corrected chi connectivity index (χ1v) is 10.1. The predicted molar refractivity (Wildman–Crippen MR) is 118 cm³/mol. The molecule has 0 amide bonds. The zero-order valence-corrected chi connectivity index (χ0v) is 18.3. The number of aliphatic hydroxyl groups excluding tert-OH is 1. The molecule has 1 atom stereocenters. The van der Waals surface area contributed by atoms with Gasteiger partial charge in [-0.1, -0.05) is 13.8 Å². The number of ether oxygens (including phenoxy) is 2. The van der Waals surface area contributed by atoms with Gasteiger partial charge in [0.25, 0.3) is 0 Å². The van der Waals surface area contributed by atoms with Crippen LogP contribution in [0, 0.1) is 0 Å². The number of nitrogens with one attached hydrogen (secondary N) is 1. The van der Waals surface area contributed by atoms with Crippen molar-refractivity contribution in [1.82, 2.24) is 15.1 Å². The second-order valence-corrected chi connectivity index (χ2v) is 6.98. The molecule has 32 heavy (non-hydrogen) atoms. The van der Waals surface area contributed by atoms with E-state index >= 15 is 0 Å². The van der Waals surface area contributed by atoms with Crippen molar-refractivity contribution in [2.24, 2.45) is 0 Å². The lowest BCUT2D eigenvalue weighted by Gasteiger charge is -2.15. The Kier molecular flexibility index (Phi) is 12.9. The van der Waals surface area contributed by atoms with Gasteiger partial charge < -0.3 is 30.1 Å². The average molecular weight is 450 g/mol. The first-order chi connectivity index (χ1) is 15.3. The predicted octanol–water partition coefficient (Wildman–Crippen LogP) is 1.80. The maximum Gasteiger partial charge on any atom is 0.328 e. The van der Waals surface area contributed by atoms with Gasteiger partial charge >= 0.3 is 11.9 Å². The van der Waals surface area contributed by atoms with E-state index in [2.05, 4.69) is 10.4 Å². The van der Waals surface area contributed by atoms with Crippen molar-refractivity contribution in [1.29, 1.82) is 0 Å². The Bertz CT molecular complexity index is 789. The highest BCUT2D eigenvalue weighted by Crippen LogP contribution is 2.18. The Morgan fingerprint density at radius 1 is 1.09 bits per heavy atom. The Morgan fingerprint density at radius 3 is 2.19 bits per heavy atom. The summed E-state index contributed by atoms with van der Waals surface area (Å²) < 4.78 is 13.2. The van der Waals surface area contributed by atoms with Crippen LogP contribution in [-0.4, -0.2) is 68.9 Å². The van der Waals surface area contributed by atoms with Gasteiger partial charge in [0.1, 0.15) is 24.2 Å². The number of aliphatic hydroxyl groups is 1. The van der Waals surface area contributed by atoms with E-state index in [9.17, 15) is 14.7 Å². The number of nitrogens with zero attached hydrogens (tertiary/aromatic N) is 2. The molecule has 0 radical (unpaired) electrons.